The zero-order valence-electron chi connectivity index (χ0n) is 15.6. The molecule has 1 aromatic heterocycles. The molecule has 0 amide bonds. The molecule has 2 aromatic carbocycles. The van der Waals surface area contributed by atoms with Gasteiger partial charge in [-0.25, -0.2) is 13.1 Å². The monoisotopic (exact) mass is 388 g/mol. The van der Waals surface area contributed by atoms with Gasteiger partial charge in [-0.15, -0.1) is 0 Å². The van der Waals surface area contributed by atoms with E-state index >= 15 is 0 Å². The first-order chi connectivity index (χ1) is 12.9. The number of benzene rings is 2. The molecule has 1 unspecified atom stereocenters. The van der Waals surface area contributed by atoms with Gasteiger partial charge in [-0.1, -0.05) is 31.2 Å². The maximum atomic E-state index is 12.8. The Morgan fingerprint density at radius 1 is 1.22 bits per heavy atom. The third-order valence-corrected chi connectivity index (χ3v) is 6.12. The second-order valence-corrected chi connectivity index (χ2v) is 8.15. The zero-order valence-corrected chi connectivity index (χ0v) is 16.5. The third kappa shape index (κ3) is 3.85. The molecule has 0 bridgehead atoms. The summed E-state index contributed by atoms with van der Waals surface area (Å²) in [4.78, 5) is 0.0782. The number of nitrogens with zero attached hydrogens (tertiary/aromatic N) is 1. The lowest BCUT2D eigenvalue weighted by Crippen LogP contribution is -2.29. The molecular formula is C20H24N2O4S. The number of ether oxygens (including phenoxy) is 1. The molecule has 27 heavy (non-hydrogen) atoms. The topological polar surface area (TPSA) is 80.6 Å². The number of hydrogen-bond acceptors (Lipinski definition) is 4. The summed E-state index contributed by atoms with van der Waals surface area (Å²) >= 11 is 0. The van der Waals surface area contributed by atoms with Crippen molar-refractivity contribution in [3.63, 3.8) is 0 Å². The number of rotatable bonds is 7. The summed E-state index contributed by atoms with van der Waals surface area (Å²) in [6.45, 7) is 1.83. The number of nitrogens with one attached hydrogen (secondary N) is 1. The summed E-state index contributed by atoms with van der Waals surface area (Å²) in [5.41, 5.74) is 2.56. The van der Waals surface area contributed by atoms with E-state index < -0.39 is 16.1 Å². The fraction of sp³-hybridized carbons (Fsp3) is 0.300. The van der Waals surface area contributed by atoms with Gasteiger partial charge in [0.2, 0.25) is 10.0 Å². The van der Waals surface area contributed by atoms with Gasteiger partial charge in [-0.3, -0.25) is 0 Å². The molecule has 0 saturated heterocycles. The fourth-order valence-electron chi connectivity index (χ4n) is 3.17. The molecule has 3 aromatic rings. The van der Waals surface area contributed by atoms with Crippen molar-refractivity contribution in [2.75, 3.05) is 13.7 Å². The van der Waals surface area contributed by atoms with E-state index in [9.17, 15) is 13.5 Å². The van der Waals surface area contributed by atoms with E-state index in [4.69, 9.17) is 4.74 Å². The number of hydrogen-bond donors (Lipinski definition) is 2. The Labute approximate surface area is 159 Å². The summed E-state index contributed by atoms with van der Waals surface area (Å²) < 4.78 is 35.2. The van der Waals surface area contributed by atoms with Gasteiger partial charge in [0, 0.05) is 36.3 Å². The molecule has 144 valence electrons. The van der Waals surface area contributed by atoms with Crippen molar-refractivity contribution in [1.29, 1.82) is 0 Å². The Bertz CT molecular complexity index is 1060. The Morgan fingerprint density at radius 3 is 2.67 bits per heavy atom. The molecule has 0 aliphatic rings. The van der Waals surface area contributed by atoms with Crippen LogP contribution in [0.5, 0.6) is 5.75 Å². The van der Waals surface area contributed by atoms with Crippen molar-refractivity contribution in [2.45, 2.75) is 24.3 Å². The summed E-state index contributed by atoms with van der Waals surface area (Å²) in [6, 6.07) is 12.8. The molecule has 0 spiro atoms. The van der Waals surface area contributed by atoms with Crippen molar-refractivity contribution in [2.24, 2.45) is 7.05 Å². The summed E-state index contributed by atoms with van der Waals surface area (Å²) in [7, 11) is -0.499. The first kappa shape index (κ1) is 19.4. The summed E-state index contributed by atoms with van der Waals surface area (Å²) in [5, 5.41) is 11.5. The highest BCUT2D eigenvalue weighted by Crippen LogP contribution is 2.28. The Hall–Kier alpha value is -2.35. The predicted molar refractivity (Wildman–Crippen MR) is 105 cm³/mol. The molecule has 0 radical (unpaired) electrons. The molecule has 0 saturated carbocycles. The van der Waals surface area contributed by atoms with Crippen molar-refractivity contribution in [3.8, 4) is 5.75 Å². The summed E-state index contributed by atoms with van der Waals surface area (Å²) in [5.74, 6) is 0.277. The average Bonchev–Trinajstić information content (AvgIpc) is 3.02. The zero-order chi connectivity index (χ0) is 19.6. The molecule has 0 fully saturated rings. The van der Waals surface area contributed by atoms with Crippen molar-refractivity contribution in [3.05, 3.63) is 59.8 Å². The minimum atomic E-state index is -3.83. The van der Waals surface area contributed by atoms with E-state index in [1.807, 2.05) is 55.1 Å². The van der Waals surface area contributed by atoms with Gasteiger partial charge in [0.05, 0.1) is 13.2 Å². The van der Waals surface area contributed by atoms with Crippen LogP contribution in [0.25, 0.3) is 10.9 Å². The third-order valence-electron chi connectivity index (χ3n) is 4.68. The molecular weight excluding hydrogens is 364 g/mol. The lowest BCUT2D eigenvalue weighted by atomic mass is 10.1. The van der Waals surface area contributed by atoms with Crippen LogP contribution in [0, 0.1) is 0 Å². The molecule has 1 atom stereocenters. The number of aromatic nitrogens is 1. The number of methoxy groups -OCH3 is 1. The first-order valence-electron chi connectivity index (χ1n) is 8.76. The van der Waals surface area contributed by atoms with Crippen LogP contribution in [0.1, 0.15) is 24.2 Å². The highest BCUT2D eigenvalue weighted by atomic mass is 32.2. The van der Waals surface area contributed by atoms with E-state index in [-0.39, 0.29) is 17.2 Å². The second kappa shape index (κ2) is 7.72. The van der Waals surface area contributed by atoms with Gasteiger partial charge in [0.25, 0.3) is 0 Å². The quantitative estimate of drug-likeness (QED) is 0.652. The molecule has 6 nitrogen and oxygen atoms in total. The van der Waals surface area contributed by atoms with E-state index in [0.717, 1.165) is 16.5 Å². The van der Waals surface area contributed by atoms with E-state index in [2.05, 4.69) is 4.72 Å². The summed E-state index contributed by atoms with van der Waals surface area (Å²) in [6.07, 6.45) is 1.57. The fourth-order valence-corrected chi connectivity index (χ4v) is 4.42. The minimum absolute atomic E-state index is 0.0782. The van der Waals surface area contributed by atoms with E-state index in [1.165, 1.54) is 7.11 Å². The number of para-hydroxylation sites is 1. The smallest absolute Gasteiger partial charge is 0.244 e. The SMILES string of the molecule is CCc1ccc(OC)c(S(=O)(=O)NCC(O)c2cn(C)c3ccccc23)c1. The molecule has 3 rings (SSSR count). The van der Waals surface area contributed by atoms with Gasteiger partial charge in [0.1, 0.15) is 10.6 Å². The van der Waals surface area contributed by atoms with E-state index in [0.29, 0.717) is 12.0 Å². The standard InChI is InChI=1S/C20H24N2O4S/c1-4-14-9-10-19(26-3)20(11-14)27(24,25)21-12-18(23)16-13-22(2)17-8-6-5-7-15(16)17/h5-11,13,18,21,23H,4,12H2,1-3H3. The number of sulfonamides is 1. The van der Waals surface area contributed by atoms with Crippen LogP contribution in [0.3, 0.4) is 0 Å². The lowest BCUT2D eigenvalue weighted by molar-refractivity contribution is 0.183. The highest BCUT2D eigenvalue weighted by Gasteiger charge is 2.22. The molecule has 0 aliphatic carbocycles. The molecule has 7 heteroatoms. The number of aliphatic hydroxyl groups is 1. The van der Waals surface area contributed by atoms with Gasteiger partial charge in [0.15, 0.2) is 0 Å². The van der Waals surface area contributed by atoms with Crippen LogP contribution in [0.15, 0.2) is 53.6 Å². The largest absolute Gasteiger partial charge is 0.495 e. The maximum absolute atomic E-state index is 12.8. The molecule has 1 heterocycles. The normalized spacial score (nSPS) is 13.0. The Balaban J connectivity index is 1.85. The number of aliphatic hydroxyl groups excluding tert-OH is 1. The molecule has 2 N–H and O–H groups in total. The van der Waals surface area contributed by atoms with Gasteiger partial charge >= 0.3 is 0 Å². The van der Waals surface area contributed by atoms with Crippen molar-refractivity contribution >= 4 is 20.9 Å². The van der Waals surface area contributed by atoms with Crippen LogP contribution in [0.2, 0.25) is 0 Å². The Morgan fingerprint density at radius 2 is 1.96 bits per heavy atom. The predicted octanol–water partition coefficient (Wildman–Crippen LogP) is 2.76. The lowest BCUT2D eigenvalue weighted by Gasteiger charge is -2.14. The van der Waals surface area contributed by atoms with Crippen LogP contribution < -0.4 is 9.46 Å². The van der Waals surface area contributed by atoms with Crippen LogP contribution in [0.4, 0.5) is 0 Å². The average molecular weight is 388 g/mol. The van der Waals surface area contributed by atoms with Gasteiger partial charge in [-0.05, 0) is 30.2 Å². The minimum Gasteiger partial charge on any atom is -0.495 e. The second-order valence-electron chi connectivity index (χ2n) is 6.42. The van der Waals surface area contributed by atoms with Crippen LogP contribution in [-0.2, 0) is 23.5 Å². The Kier molecular flexibility index (Phi) is 5.55. The van der Waals surface area contributed by atoms with Crippen LogP contribution >= 0.6 is 0 Å². The molecule has 0 aliphatic heterocycles. The van der Waals surface area contributed by atoms with Crippen molar-refractivity contribution < 1.29 is 18.3 Å². The van der Waals surface area contributed by atoms with Gasteiger partial charge in [-0.2, -0.15) is 0 Å². The van der Waals surface area contributed by atoms with Crippen molar-refractivity contribution in [1.82, 2.24) is 9.29 Å². The van der Waals surface area contributed by atoms with Gasteiger partial charge < -0.3 is 14.4 Å². The highest BCUT2D eigenvalue weighted by molar-refractivity contribution is 7.89. The van der Waals surface area contributed by atoms with Crippen LogP contribution in [-0.4, -0.2) is 31.7 Å². The van der Waals surface area contributed by atoms with E-state index in [1.54, 1.807) is 12.1 Å². The number of aryl methyl sites for hydroxylation is 2. The number of fused-ring (bicyclic) bond motifs is 1. The maximum Gasteiger partial charge on any atom is 0.244 e. The first-order valence-corrected chi connectivity index (χ1v) is 10.2.